The van der Waals surface area contributed by atoms with Crippen molar-refractivity contribution in [2.45, 2.75) is 104 Å². The Morgan fingerprint density at radius 1 is 1.14 bits per heavy atom. The van der Waals surface area contributed by atoms with Gasteiger partial charge in [0, 0.05) is 54.7 Å². The topological polar surface area (TPSA) is 118 Å². The second-order valence-electron chi connectivity index (χ2n) is 16.8. The van der Waals surface area contributed by atoms with E-state index in [2.05, 4.69) is 60.3 Å². The summed E-state index contributed by atoms with van der Waals surface area (Å²) in [4.78, 5) is 48.1. The Labute approximate surface area is 329 Å². The third kappa shape index (κ3) is 8.52. The molecule has 2 aromatic carbocycles. The van der Waals surface area contributed by atoms with Gasteiger partial charge in [0.05, 0.1) is 24.1 Å². The second-order valence-corrected chi connectivity index (χ2v) is 16.8. The van der Waals surface area contributed by atoms with E-state index in [0.717, 1.165) is 50.1 Å². The van der Waals surface area contributed by atoms with Gasteiger partial charge < -0.3 is 19.4 Å². The van der Waals surface area contributed by atoms with Crippen LogP contribution in [-0.2, 0) is 43.2 Å². The molecule has 12 heteroatoms. The molecular formula is C44H57FN6O5. The molecule has 56 heavy (non-hydrogen) atoms. The number of carbonyl (C=O) groups excluding carboxylic acids is 3. The Morgan fingerprint density at radius 2 is 1.89 bits per heavy atom. The molecule has 4 aromatic rings. The minimum atomic E-state index is -1.88. The number of hydrazine groups is 1. The van der Waals surface area contributed by atoms with Crippen molar-refractivity contribution in [3.63, 3.8) is 0 Å². The molecule has 2 amide bonds. The van der Waals surface area contributed by atoms with Crippen LogP contribution in [0.2, 0.25) is 0 Å². The van der Waals surface area contributed by atoms with Gasteiger partial charge in [-0.25, -0.2) is 9.82 Å². The fourth-order valence-corrected chi connectivity index (χ4v) is 8.40. The van der Waals surface area contributed by atoms with Crippen molar-refractivity contribution in [1.82, 2.24) is 30.2 Å². The SMILES string of the molecule is CCn1c(-c2cccnc2C(C)OC)c2c3cc(ccc31)-c1cccc(c1)CC(NC(=O)C(N(C)C)C(C)(C)F)C(=O)N1CCC[C@H](N1)C(=O)OCC(C)(C)C2. The van der Waals surface area contributed by atoms with E-state index in [4.69, 9.17) is 14.5 Å². The number of ether oxygens (including phenoxy) is 2. The van der Waals surface area contributed by atoms with Crippen molar-refractivity contribution in [2.24, 2.45) is 5.41 Å². The van der Waals surface area contributed by atoms with E-state index in [1.807, 2.05) is 37.3 Å². The number of pyridine rings is 1. The molecule has 1 fully saturated rings. The van der Waals surface area contributed by atoms with Crippen molar-refractivity contribution in [1.29, 1.82) is 0 Å². The number of fused-ring (bicyclic) bond motifs is 6. The zero-order valence-electron chi connectivity index (χ0n) is 34.2. The van der Waals surface area contributed by atoms with Gasteiger partial charge in [-0.05, 0) is 108 Å². The van der Waals surface area contributed by atoms with E-state index in [0.29, 0.717) is 32.4 Å². The highest BCUT2D eigenvalue weighted by Gasteiger charge is 2.40. The molecule has 2 N–H and O–H groups in total. The predicted molar refractivity (Wildman–Crippen MR) is 216 cm³/mol. The molecule has 4 atom stereocenters. The zero-order chi connectivity index (χ0) is 40.5. The van der Waals surface area contributed by atoms with Crippen LogP contribution in [0, 0.1) is 5.41 Å². The molecule has 0 aliphatic carbocycles. The number of nitrogens with zero attached hydrogens (tertiary/aromatic N) is 4. The number of benzene rings is 2. The predicted octanol–water partition coefficient (Wildman–Crippen LogP) is 6.42. The van der Waals surface area contributed by atoms with Gasteiger partial charge in [0.25, 0.3) is 5.91 Å². The van der Waals surface area contributed by atoms with E-state index < -0.39 is 47.0 Å². The number of aryl methyl sites for hydroxylation is 1. The molecule has 6 rings (SSSR count). The Morgan fingerprint density at radius 3 is 2.59 bits per heavy atom. The van der Waals surface area contributed by atoms with Gasteiger partial charge in [0.15, 0.2) is 0 Å². The molecule has 4 heterocycles. The van der Waals surface area contributed by atoms with E-state index in [-0.39, 0.29) is 19.1 Å². The fraction of sp³-hybridized carbons (Fsp3) is 0.500. The van der Waals surface area contributed by atoms with E-state index in [9.17, 15) is 14.4 Å². The van der Waals surface area contributed by atoms with Gasteiger partial charge in [-0.3, -0.25) is 29.3 Å². The normalized spacial score (nSPS) is 20.4. The Hall–Kier alpha value is -4.65. The number of carbonyl (C=O) groups is 3. The van der Waals surface area contributed by atoms with Crippen molar-refractivity contribution < 1.29 is 28.2 Å². The zero-order valence-corrected chi connectivity index (χ0v) is 34.2. The van der Waals surface area contributed by atoms with Crippen LogP contribution < -0.4 is 10.7 Å². The number of cyclic esters (lactones) is 1. The van der Waals surface area contributed by atoms with Crippen molar-refractivity contribution in [2.75, 3.05) is 34.4 Å². The van der Waals surface area contributed by atoms with Crippen LogP contribution in [0.4, 0.5) is 4.39 Å². The number of hydrogen-bond acceptors (Lipinski definition) is 8. The molecule has 2 aromatic heterocycles. The minimum absolute atomic E-state index is 0.149. The molecule has 300 valence electrons. The number of rotatable bonds is 8. The summed E-state index contributed by atoms with van der Waals surface area (Å²) in [6, 6.07) is 15.6. The Balaban J connectivity index is 1.51. The number of hydrogen-bond donors (Lipinski definition) is 2. The number of halogens is 1. The number of alkyl halides is 1. The maximum absolute atomic E-state index is 15.4. The molecule has 1 saturated heterocycles. The highest BCUT2D eigenvalue weighted by molar-refractivity contribution is 5.95. The third-order valence-electron chi connectivity index (χ3n) is 11.0. The Kier molecular flexibility index (Phi) is 12.0. The first kappa shape index (κ1) is 41.0. The maximum atomic E-state index is 15.4. The van der Waals surface area contributed by atoms with Crippen LogP contribution in [0.15, 0.2) is 60.8 Å². The first-order valence-electron chi connectivity index (χ1n) is 19.7. The van der Waals surface area contributed by atoms with Gasteiger partial charge >= 0.3 is 5.97 Å². The monoisotopic (exact) mass is 768 g/mol. The Bertz CT molecular complexity index is 2090. The average molecular weight is 769 g/mol. The lowest BCUT2D eigenvalue weighted by molar-refractivity contribution is -0.155. The number of methoxy groups -OCH3 is 1. The summed E-state index contributed by atoms with van der Waals surface area (Å²) in [6.45, 7) is 12.2. The lowest BCUT2D eigenvalue weighted by Gasteiger charge is -2.37. The molecular weight excluding hydrogens is 712 g/mol. The maximum Gasteiger partial charge on any atom is 0.324 e. The van der Waals surface area contributed by atoms with Crippen LogP contribution in [0.25, 0.3) is 33.3 Å². The standard InChI is InChI=1S/C44H57FN6O5/c1-10-50-36-19-18-30-24-32(36)33(38(50)31-16-12-20-46-37(31)27(2)55-9)25-43(3,4)26-56-42(54)34-17-13-21-51(48-34)41(53)35(23-28-14-11-15-29(30)22-28)47-40(52)39(49(7)8)44(5,6)45/h11-12,14-16,18-20,22,24,27,34-35,39,48H,10,13,17,21,23,25-26H2,1-9H3,(H,47,52)/t27?,34-,35?,39?/m0/s1. The average Bonchev–Trinajstić information content (AvgIpc) is 3.46. The van der Waals surface area contributed by atoms with E-state index in [1.54, 1.807) is 27.4 Å². The van der Waals surface area contributed by atoms with E-state index >= 15 is 4.39 Å². The van der Waals surface area contributed by atoms with Crippen molar-refractivity contribution >= 4 is 28.7 Å². The van der Waals surface area contributed by atoms with Crippen molar-refractivity contribution in [3.8, 4) is 22.4 Å². The van der Waals surface area contributed by atoms with Gasteiger partial charge in [-0.2, -0.15) is 0 Å². The number of aromatic nitrogens is 2. The summed E-state index contributed by atoms with van der Waals surface area (Å²) in [6.07, 6.45) is 3.35. The fourth-order valence-electron chi connectivity index (χ4n) is 8.40. The van der Waals surface area contributed by atoms with Crippen LogP contribution in [0.5, 0.6) is 0 Å². The molecule has 6 bridgehead atoms. The van der Waals surface area contributed by atoms with Gasteiger partial charge in [-0.1, -0.05) is 44.2 Å². The summed E-state index contributed by atoms with van der Waals surface area (Å²) < 4.78 is 29.6. The van der Waals surface area contributed by atoms with Gasteiger partial charge in [0.1, 0.15) is 23.8 Å². The van der Waals surface area contributed by atoms with Gasteiger partial charge in [0.2, 0.25) is 5.91 Å². The van der Waals surface area contributed by atoms with Crippen molar-refractivity contribution in [3.05, 3.63) is 77.6 Å². The summed E-state index contributed by atoms with van der Waals surface area (Å²) in [5.41, 5.74) is 8.60. The molecule has 3 unspecified atom stereocenters. The largest absolute Gasteiger partial charge is 0.464 e. The molecule has 0 radical (unpaired) electrons. The number of esters is 1. The number of likely N-dealkylation sites (N-methyl/N-ethyl adjacent to an activating group) is 1. The van der Waals surface area contributed by atoms with Crippen LogP contribution in [0.3, 0.4) is 0 Å². The summed E-state index contributed by atoms with van der Waals surface area (Å²) in [5, 5.41) is 5.39. The van der Waals surface area contributed by atoms with Crippen LogP contribution in [-0.4, -0.2) is 95.4 Å². The lowest BCUT2D eigenvalue weighted by Crippen LogP contribution is -2.62. The highest BCUT2D eigenvalue weighted by atomic mass is 19.1. The molecule has 0 saturated carbocycles. The quantitative estimate of drug-likeness (QED) is 0.197. The first-order valence-corrected chi connectivity index (χ1v) is 19.7. The second kappa shape index (κ2) is 16.4. The smallest absolute Gasteiger partial charge is 0.324 e. The number of amides is 2. The summed E-state index contributed by atoms with van der Waals surface area (Å²) in [5.74, 6) is -1.45. The number of nitrogens with one attached hydrogen (secondary N) is 2. The first-order chi connectivity index (χ1) is 26.5. The molecule has 2 aliphatic heterocycles. The summed E-state index contributed by atoms with van der Waals surface area (Å²) >= 11 is 0. The molecule has 11 nitrogen and oxygen atoms in total. The van der Waals surface area contributed by atoms with Crippen LogP contribution >= 0.6 is 0 Å². The molecule has 2 aliphatic rings. The van der Waals surface area contributed by atoms with Crippen LogP contribution in [0.1, 0.15) is 77.3 Å². The molecule has 0 spiro atoms. The highest BCUT2D eigenvalue weighted by Crippen LogP contribution is 2.42. The summed E-state index contributed by atoms with van der Waals surface area (Å²) in [7, 11) is 4.97. The van der Waals surface area contributed by atoms with E-state index in [1.165, 1.54) is 23.8 Å². The lowest BCUT2D eigenvalue weighted by atomic mass is 9.84. The van der Waals surface area contributed by atoms with Gasteiger partial charge in [-0.15, -0.1) is 0 Å². The third-order valence-corrected chi connectivity index (χ3v) is 11.0. The minimum Gasteiger partial charge on any atom is -0.464 e.